The minimum absolute atomic E-state index is 0.759. The van der Waals surface area contributed by atoms with Gasteiger partial charge in [-0.3, -0.25) is 4.90 Å². The van der Waals surface area contributed by atoms with Gasteiger partial charge in [-0.2, -0.15) is 0 Å². The number of rotatable bonds is 1. The van der Waals surface area contributed by atoms with Gasteiger partial charge in [0.25, 0.3) is 0 Å². The van der Waals surface area contributed by atoms with E-state index in [2.05, 4.69) is 0 Å². The topological polar surface area (TPSA) is 64.5 Å². The Morgan fingerprint density at radius 3 is 1.03 bits per heavy atom. The molecule has 4 aromatic rings. The van der Waals surface area contributed by atoms with E-state index in [4.69, 9.17) is 19.9 Å². The number of allylic oxidation sites excluding steroid dienone is 1. The van der Waals surface area contributed by atoms with E-state index in [0.29, 0.717) is 0 Å². The third-order valence-corrected chi connectivity index (χ3v) is 5.73. The summed E-state index contributed by atoms with van der Waals surface area (Å²) in [5.74, 6) is 6.22. The molecule has 34 heavy (non-hydrogen) atoms. The van der Waals surface area contributed by atoms with Gasteiger partial charge in [0, 0.05) is 27.3 Å². The summed E-state index contributed by atoms with van der Waals surface area (Å²) in [6, 6.07) is 23.8. The van der Waals surface area contributed by atoms with Crippen molar-refractivity contribution in [2.24, 2.45) is 0 Å². The summed E-state index contributed by atoms with van der Waals surface area (Å²) in [7, 11) is 5.90. The van der Waals surface area contributed by atoms with E-state index in [1.54, 1.807) is 0 Å². The highest BCUT2D eigenvalue weighted by Crippen LogP contribution is 2.31. The highest BCUT2D eigenvalue weighted by molar-refractivity contribution is 5.68. The Morgan fingerprint density at radius 2 is 0.735 bits per heavy atom. The minimum Gasteiger partial charge on any atom is -0.314 e. The maximum atomic E-state index is 4.93. The fraction of sp³-hybridized carbons (Fsp3) is 0.154. The van der Waals surface area contributed by atoms with Crippen molar-refractivity contribution in [1.29, 1.82) is 0 Å². The number of hydrogen-bond donors (Lipinski definition) is 0. The molecule has 0 atom stereocenters. The monoisotopic (exact) mass is 450 g/mol. The molecule has 0 fully saturated rings. The van der Waals surface area contributed by atoms with Crippen LogP contribution in [0.15, 0.2) is 85.1 Å². The number of pyridine rings is 4. The van der Waals surface area contributed by atoms with Gasteiger partial charge in [0.1, 0.15) is 46.5 Å². The number of aromatic nitrogens is 4. The summed E-state index contributed by atoms with van der Waals surface area (Å²) in [6.07, 6.45) is 3.94. The Labute approximate surface area is 199 Å². The highest BCUT2D eigenvalue weighted by Gasteiger charge is 2.17. The van der Waals surface area contributed by atoms with Gasteiger partial charge >= 0.3 is 0 Å². The van der Waals surface area contributed by atoms with E-state index in [0.717, 1.165) is 46.5 Å². The third-order valence-electron chi connectivity index (χ3n) is 5.73. The molecule has 0 saturated heterocycles. The highest BCUT2D eigenvalue weighted by atomic mass is 15.3. The van der Waals surface area contributed by atoms with E-state index in [1.165, 1.54) is 0 Å². The molecule has 0 N–H and O–H groups in total. The van der Waals surface area contributed by atoms with Gasteiger partial charge in [0.2, 0.25) is 0 Å². The van der Waals surface area contributed by atoms with E-state index in [9.17, 15) is 0 Å². The Balaban J connectivity index is 1.74. The average Bonchev–Trinajstić information content (AvgIpc) is 2.90. The van der Waals surface area contributed by atoms with Crippen molar-refractivity contribution in [2.45, 2.75) is 6.92 Å². The molecular formula is C26H26N8. The van der Waals surface area contributed by atoms with Crippen molar-refractivity contribution in [2.75, 3.05) is 40.7 Å². The zero-order chi connectivity index (χ0) is 23.7. The molecule has 170 valence electrons. The third kappa shape index (κ3) is 3.90. The predicted molar refractivity (Wildman–Crippen MR) is 138 cm³/mol. The molecular weight excluding hydrogens is 424 g/mol. The van der Waals surface area contributed by atoms with Crippen molar-refractivity contribution in [3.05, 3.63) is 85.1 Å². The molecule has 0 saturated carbocycles. The minimum atomic E-state index is 0.759. The molecule has 0 spiro atoms. The van der Waals surface area contributed by atoms with Gasteiger partial charge in [-0.05, 0) is 55.5 Å². The molecule has 0 radical (unpaired) electrons. The van der Waals surface area contributed by atoms with Crippen LogP contribution in [-0.2, 0) is 0 Å². The van der Waals surface area contributed by atoms with Crippen LogP contribution in [0, 0.1) is 0 Å². The van der Waals surface area contributed by atoms with Crippen molar-refractivity contribution >= 4 is 46.5 Å². The standard InChI is InChI=1S/C26H26N8/c1-5-18-34-25-16-8-14-23(29-25)32(3)21-12-6-10-19(27-21)31(2)20-11-7-13-22(28-20)33(4)24-15-9-17-26(34)30-24/h5-18H,1-4H3/b18-5+. The van der Waals surface area contributed by atoms with Crippen LogP contribution in [0.2, 0.25) is 0 Å². The molecule has 0 amide bonds. The lowest BCUT2D eigenvalue weighted by atomic mass is 10.3. The van der Waals surface area contributed by atoms with Crippen molar-refractivity contribution in [3.8, 4) is 0 Å². The van der Waals surface area contributed by atoms with E-state index < -0.39 is 0 Å². The summed E-state index contributed by atoms with van der Waals surface area (Å²) in [5, 5.41) is 0. The van der Waals surface area contributed by atoms with Crippen molar-refractivity contribution in [3.63, 3.8) is 0 Å². The first-order valence-corrected chi connectivity index (χ1v) is 11.1. The average molecular weight is 451 g/mol. The lowest BCUT2D eigenvalue weighted by Gasteiger charge is -2.26. The molecule has 5 rings (SSSR count). The predicted octanol–water partition coefficient (Wildman–Crippen LogP) is 5.56. The van der Waals surface area contributed by atoms with Gasteiger partial charge in [-0.1, -0.05) is 30.3 Å². The van der Waals surface area contributed by atoms with Gasteiger partial charge in [-0.15, -0.1) is 0 Å². The zero-order valence-corrected chi connectivity index (χ0v) is 19.7. The van der Waals surface area contributed by atoms with Gasteiger partial charge in [0.05, 0.1) is 0 Å². The van der Waals surface area contributed by atoms with Crippen LogP contribution in [0.3, 0.4) is 0 Å². The largest absolute Gasteiger partial charge is 0.314 e. The lowest BCUT2D eigenvalue weighted by Crippen LogP contribution is -2.20. The Bertz CT molecular complexity index is 1250. The van der Waals surface area contributed by atoms with Crippen LogP contribution in [0.25, 0.3) is 0 Å². The van der Waals surface area contributed by atoms with E-state index >= 15 is 0 Å². The van der Waals surface area contributed by atoms with E-state index in [1.807, 2.05) is 133 Å². The molecule has 1 aliphatic heterocycles. The molecule has 8 bridgehead atoms. The van der Waals surface area contributed by atoms with Crippen molar-refractivity contribution in [1.82, 2.24) is 19.9 Å². The van der Waals surface area contributed by atoms with Crippen LogP contribution in [0.4, 0.5) is 46.5 Å². The molecule has 8 heteroatoms. The quantitative estimate of drug-likeness (QED) is 0.374. The second-order valence-electron chi connectivity index (χ2n) is 7.95. The molecule has 5 heterocycles. The SMILES string of the molecule is C/C=C/N1c2cccc(n2)N(C)c2cccc(n2)N(C)c2cccc(n2)N(C)c2cccc1n2. The normalized spacial score (nSPS) is 13.5. The second kappa shape index (κ2) is 8.82. The summed E-state index contributed by atoms with van der Waals surface area (Å²) in [6.45, 7) is 1.98. The fourth-order valence-corrected chi connectivity index (χ4v) is 3.81. The number of nitrogens with zero attached hydrogens (tertiary/aromatic N) is 8. The molecule has 4 aromatic heterocycles. The molecule has 0 aliphatic carbocycles. The molecule has 0 unspecified atom stereocenters. The summed E-state index contributed by atoms with van der Waals surface area (Å²) in [4.78, 5) is 27.5. The van der Waals surface area contributed by atoms with E-state index in [-0.39, 0.29) is 0 Å². The van der Waals surface area contributed by atoms with Crippen LogP contribution in [-0.4, -0.2) is 41.1 Å². The summed E-state index contributed by atoms with van der Waals surface area (Å²) >= 11 is 0. The first-order valence-electron chi connectivity index (χ1n) is 11.1. The first kappa shape index (κ1) is 21.4. The first-order chi connectivity index (χ1) is 16.5. The Hall–Kier alpha value is -4.46. The molecule has 1 aliphatic rings. The lowest BCUT2D eigenvalue weighted by molar-refractivity contribution is 1.00. The molecule has 0 aromatic carbocycles. The van der Waals surface area contributed by atoms with Crippen LogP contribution >= 0.6 is 0 Å². The summed E-state index contributed by atoms with van der Waals surface area (Å²) < 4.78 is 0. The van der Waals surface area contributed by atoms with Gasteiger partial charge < -0.3 is 14.7 Å². The van der Waals surface area contributed by atoms with Crippen LogP contribution < -0.4 is 19.6 Å². The fourth-order valence-electron chi connectivity index (χ4n) is 3.81. The van der Waals surface area contributed by atoms with Crippen LogP contribution in [0.5, 0.6) is 0 Å². The van der Waals surface area contributed by atoms with Crippen molar-refractivity contribution < 1.29 is 0 Å². The Morgan fingerprint density at radius 1 is 0.471 bits per heavy atom. The second-order valence-corrected chi connectivity index (χ2v) is 7.95. The van der Waals surface area contributed by atoms with Gasteiger partial charge in [0.15, 0.2) is 0 Å². The Kier molecular flexibility index (Phi) is 5.55. The maximum Gasteiger partial charge on any atom is 0.140 e. The van der Waals surface area contributed by atoms with Crippen LogP contribution in [0.1, 0.15) is 6.92 Å². The number of hydrogen-bond acceptors (Lipinski definition) is 8. The number of fused-ring (bicyclic) bond motifs is 8. The number of anilines is 8. The van der Waals surface area contributed by atoms with Gasteiger partial charge in [-0.25, -0.2) is 19.9 Å². The summed E-state index contributed by atoms with van der Waals surface area (Å²) in [5.41, 5.74) is 0. The molecule has 8 nitrogen and oxygen atoms in total. The smallest absolute Gasteiger partial charge is 0.140 e. The maximum absolute atomic E-state index is 4.93. The zero-order valence-electron chi connectivity index (χ0n) is 19.7.